The minimum Gasteiger partial charge on any atom is -0.348 e. The van der Waals surface area contributed by atoms with E-state index in [-0.39, 0.29) is 6.03 Å². The van der Waals surface area contributed by atoms with Crippen molar-refractivity contribution >= 4 is 29.4 Å². The van der Waals surface area contributed by atoms with Gasteiger partial charge < -0.3 is 14.8 Å². The zero-order valence-electron chi connectivity index (χ0n) is 17.4. The molecule has 8 nitrogen and oxygen atoms in total. The Kier molecular flexibility index (Phi) is 7.24. The summed E-state index contributed by atoms with van der Waals surface area (Å²) in [6.45, 7) is 6.03. The Hall–Kier alpha value is -3.13. The summed E-state index contributed by atoms with van der Waals surface area (Å²) in [5.41, 5.74) is 1.82. The van der Waals surface area contributed by atoms with E-state index < -0.39 is 0 Å². The first-order chi connectivity index (χ1) is 14.5. The average Bonchev–Trinajstić information content (AvgIpc) is 3.35. The van der Waals surface area contributed by atoms with E-state index in [1.807, 2.05) is 35.0 Å². The summed E-state index contributed by atoms with van der Waals surface area (Å²) in [6, 6.07) is 9.21. The molecule has 0 atom stereocenters. The molecule has 1 saturated heterocycles. The SMILES string of the molecule is CCC.CN1CCN(c2ccnc(NCc3cn(-c4ccc(Cl)cc4)cn3)n2)C1=O. The molecule has 2 amide bonds. The number of benzene rings is 1. The Morgan fingerprint density at radius 2 is 1.83 bits per heavy atom. The van der Waals surface area contributed by atoms with Crippen LogP contribution < -0.4 is 10.2 Å². The molecule has 1 fully saturated rings. The van der Waals surface area contributed by atoms with Gasteiger partial charge in [-0.05, 0) is 30.3 Å². The molecule has 1 N–H and O–H groups in total. The highest BCUT2D eigenvalue weighted by atomic mass is 35.5. The maximum absolute atomic E-state index is 12.1. The van der Waals surface area contributed by atoms with Crippen LogP contribution >= 0.6 is 11.6 Å². The number of rotatable bonds is 5. The van der Waals surface area contributed by atoms with Crippen molar-refractivity contribution in [3.8, 4) is 5.69 Å². The Morgan fingerprint density at radius 3 is 2.50 bits per heavy atom. The van der Waals surface area contributed by atoms with Crippen molar-refractivity contribution < 1.29 is 4.79 Å². The van der Waals surface area contributed by atoms with E-state index >= 15 is 0 Å². The lowest BCUT2D eigenvalue weighted by atomic mass is 10.3. The highest BCUT2D eigenvalue weighted by molar-refractivity contribution is 6.30. The number of hydrogen-bond donors (Lipinski definition) is 1. The molecule has 0 aliphatic carbocycles. The molecular weight excluding hydrogens is 402 g/mol. The lowest BCUT2D eigenvalue weighted by Gasteiger charge is -2.15. The van der Waals surface area contributed by atoms with E-state index in [0.717, 1.165) is 11.4 Å². The number of hydrogen-bond acceptors (Lipinski definition) is 5. The molecule has 30 heavy (non-hydrogen) atoms. The number of likely N-dealkylation sites (N-methyl/N-ethyl adjacent to an activating group) is 1. The second kappa shape index (κ2) is 10.1. The van der Waals surface area contributed by atoms with E-state index in [9.17, 15) is 4.79 Å². The Balaban J connectivity index is 0.000000806. The number of urea groups is 1. The zero-order chi connectivity index (χ0) is 21.5. The summed E-state index contributed by atoms with van der Waals surface area (Å²) in [6.07, 6.45) is 6.57. The molecule has 9 heteroatoms. The van der Waals surface area contributed by atoms with Gasteiger partial charge in [0.05, 0.1) is 18.6 Å². The Labute approximate surface area is 181 Å². The molecule has 3 heterocycles. The maximum Gasteiger partial charge on any atom is 0.325 e. The van der Waals surface area contributed by atoms with Crippen molar-refractivity contribution in [3.05, 3.63) is 59.8 Å². The summed E-state index contributed by atoms with van der Waals surface area (Å²) in [5, 5.41) is 3.85. The van der Waals surface area contributed by atoms with Crippen LogP contribution in [-0.4, -0.2) is 50.6 Å². The van der Waals surface area contributed by atoms with Crippen molar-refractivity contribution in [2.24, 2.45) is 0 Å². The molecule has 0 unspecified atom stereocenters. The number of carbonyl (C=O) groups is 1. The smallest absolute Gasteiger partial charge is 0.325 e. The van der Waals surface area contributed by atoms with Gasteiger partial charge in [0.15, 0.2) is 0 Å². The maximum atomic E-state index is 12.1. The van der Waals surface area contributed by atoms with Crippen LogP contribution in [0.3, 0.4) is 0 Å². The highest BCUT2D eigenvalue weighted by Crippen LogP contribution is 2.18. The molecular formula is C21H26ClN7O. The first-order valence-corrected chi connectivity index (χ1v) is 10.3. The molecule has 0 spiro atoms. The second-order valence-corrected chi connectivity index (χ2v) is 7.34. The minimum absolute atomic E-state index is 0.0543. The van der Waals surface area contributed by atoms with Gasteiger partial charge in [0, 0.05) is 43.2 Å². The third-order valence-corrected chi connectivity index (χ3v) is 4.57. The first kappa shape index (κ1) is 21.6. The number of imidazole rings is 1. The summed E-state index contributed by atoms with van der Waals surface area (Å²) < 4.78 is 1.92. The first-order valence-electron chi connectivity index (χ1n) is 9.90. The van der Waals surface area contributed by atoms with Crippen molar-refractivity contribution in [2.45, 2.75) is 26.8 Å². The van der Waals surface area contributed by atoms with Crippen molar-refractivity contribution in [1.82, 2.24) is 24.4 Å². The van der Waals surface area contributed by atoms with Crippen molar-refractivity contribution in [2.75, 3.05) is 30.4 Å². The number of nitrogens with zero attached hydrogens (tertiary/aromatic N) is 6. The fourth-order valence-electron chi connectivity index (χ4n) is 2.82. The van der Waals surface area contributed by atoms with Crippen LogP contribution in [0.2, 0.25) is 5.02 Å². The van der Waals surface area contributed by atoms with Gasteiger partial charge in [-0.2, -0.15) is 4.98 Å². The number of aromatic nitrogens is 4. The molecule has 4 rings (SSSR count). The average molecular weight is 428 g/mol. The van der Waals surface area contributed by atoms with E-state index in [1.165, 1.54) is 6.42 Å². The number of amides is 2. The van der Waals surface area contributed by atoms with Crippen LogP contribution in [0.5, 0.6) is 0 Å². The molecule has 0 saturated carbocycles. The van der Waals surface area contributed by atoms with Crippen LogP contribution in [0.1, 0.15) is 26.0 Å². The summed E-state index contributed by atoms with van der Waals surface area (Å²) in [4.78, 5) is 28.5. The third kappa shape index (κ3) is 5.27. The molecule has 3 aromatic rings. The molecule has 2 aromatic heterocycles. The van der Waals surface area contributed by atoms with E-state index in [0.29, 0.717) is 36.4 Å². The van der Waals surface area contributed by atoms with Gasteiger partial charge in [0.25, 0.3) is 0 Å². The van der Waals surface area contributed by atoms with Crippen LogP contribution in [0.15, 0.2) is 49.1 Å². The van der Waals surface area contributed by atoms with Gasteiger partial charge in [-0.3, -0.25) is 4.90 Å². The van der Waals surface area contributed by atoms with Gasteiger partial charge in [-0.25, -0.2) is 14.8 Å². The summed E-state index contributed by atoms with van der Waals surface area (Å²) in [5.74, 6) is 1.05. The predicted octanol–water partition coefficient (Wildman–Crippen LogP) is 4.22. The zero-order valence-corrected chi connectivity index (χ0v) is 18.2. The molecule has 1 aromatic carbocycles. The standard InChI is InChI=1S/C18H18ClN7O.C3H8/c1-24-8-9-26(18(24)27)16-6-7-20-17(23-16)21-10-14-11-25(12-22-14)15-4-2-13(19)3-5-15;1-3-2/h2-7,11-12H,8-10H2,1H3,(H,20,21,23);3H2,1-2H3. The molecule has 158 valence electrons. The van der Waals surface area contributed by atoms with Gasteiger partial charge >= 0.3 is 6.03 Å². The van der Waals surface area contributed by atoms with E-state index in [2.05, 4.69) is 34.1 Å². The second-order valence-electron chi connectivity index (χ2n) is 6.90. The number of nitrogens with one attached hydrogen (secondary N) is 1. The lowest BCUT2D eigenvalue weighted by molar-refractivity contribution is 0.229. The Bertz CT molecular complexity index is 973. The van der Waals surface area contributed by atoms with Crippen LogP contribution in [0, 0.1) is 0 Å². The largest absolute Gasteiger partial charge is 0.348 e. The quantitative estimate of drug-likeness (QED) is 0.659. The van der Waals surface area contributed by atoms with Crippen LogP contribution in [0.4, 0.5) is 16.6 Å². The van der Waals surface area contributed by atoms with Crippen LogP contribution in [0.25, 0.3) is 5.69 Å². The van der Waals surface area contributed by atoms with E-state index in [1.54, 1.807) is 35.4 Å². The number of halogens is 1. The molecule has 0 bridgehead atoms. The molecule has 1 aliphatic rings. The fraction of sp³-hybridized carbons (Fsp3) is 0.333. The van der Waals surface area contributed by atoms with E-state index in [4.69, 9.17) is 11.6 Å². The normalized spacial score (nSPS) is 13.3. The molecule has 1 aliphatic heterocycles. The Morgan fingerprint density at radius 1 is 1.10 bits per heavy atom. The lowest BCUT2D eigenvalue weighted by Crippen LogP contribution is -2.30. The monoisotopic (exact) mass is 427 g/mol. The minimum atomic E-state index is -0.0543. The van der Waals surface area contributed by atoms with Crippen molar-refractivity contribution in [3.63, 3.8) is 0 Å². The van der Waals surface area contributed by atoms with Crippen LogP contribution in [-0.2, 0) is 6.54 Å². The van der Waals surface area contributed by atoms with Gasteiger partial charge in [0.1, 0.15) is 5.82 Å². The van der Waals surface area contributed by atoms with Gasteiger partial charge in [0.2, 0.25) is 5.95 Å². The summed E-state index contributed by atoms with van der Waals surface area (Å²) >= 11 is 5.92. The van der Waals surface area contributed by atoms with Gasteiger partial charge in [-0.1, -0.05) is 31.9 Å². The molecule has 0 radical (unpaired) electrons. The number of carbonyl (C=O) groups excluding carboxylic acids is 1. The van der Waals surface area contributed by atoms with Gasteiger partial charge in [-0.15, -0.1) is 0 Å². The topological polar surface area (TPSA) is 79.2 Å². The fourth-order valence-corrected chi connectivity index (χ4v) is 2.95. The predicted molar refractivity (Wildman–Crippen MR) is 119 cm³/mol. The number of anilines is 2. The van der Waals surface area contributed by atoms with Crippen molar-refractivity contribution in [1.29, 1.82) is 0 Å². The highest BCUT2D eigenvalue weighted by Gasteiger charge is 2.27. The summed E-state index contributed by atoms with van der Waals surface area (Å²) in [7, 11) is 1.78. The third-order valence-electron chi connectivity index (χ3n) is 4.32.